The number of fused-ring (bicyclic) bond motifs is 5. The third kappa shape index (κ3) is 2.27. The zero-order valence-electron chi connectivity index (χ0n) is 17.1. The molecule has 5 nitrogen and oxygen atoms in total. The fourth-order valence-corrected chi connectivity index (χ4v) is 8.37. The number of aliphatic hydroxyl groups excluding tert-OH is 2. The molecule has 1 aliphatic heterocycles. The molecule has 1 heterocycles. The summed E-state index contributed by atoms with van der Waals surface area (Å²) in [5.74, 6) is 0.657. The number of carbonyl (C=O) groups excluding carboxylic acids is 1. The lowest BCUT2D eigenvalue weighted by atomic mass is 9.42. The molecule has 0 radical (unpaired) electrons. The van der Waals surface area contributed by atoms with Crippen LogP contribution in [0, 0.1) is 34.5 Å². The summed E-state index contributed by atoms with van der Waals surface area (Å²) in [5, 5.41) is 33.7. The predicted molar refractivity (Wildman–Crippen MR) is 103 cm³/mol. The summed E-state index contributed by atoms with van der Waals surface area (Å²) in [5.41, 5.74) is -0.507. The molecule has 5 heteroatoms. The number of hydrogen-bond donors (Lipinski definition) is 3. The summed E-state index contributed by atoms with van der Waals surface area (Å²) in [4.78, 5) is 11.6. The molecule has 0 aromatic heterocycles. The van der Waals surface area contributed by atoms with Gasteiger partial charge < -0.3 is 20.1 Å². The Balaban J connectivity index is 1.51. The minimum absolute atomic E-state index is 0.00129. The Hall–Kier alpha value is -0.910. The van der Waals surface area contributed by atoms with Gasteiger partial charge in [-0.1, -0.05) is 13.8 Å². The van der Waals surface area contributed by atoms with E-state index in [0.717, 1.165) is 44.1 Å². The van der Waals surface area contributed by atoms with Crippen LogP contribution in [0.1, 0.15) is 65.2 Å². The van der Waals surface area contributed by atoms with Crippen molar-refractivity contribution in [1.82, 2.24) is 0 Å². The molecule has 0 aromatic carbocycles. The molecule has 4 fully saturated rings. The van der Waals surface area contributed by atoms with Crippen molar-refractivity contribution < 1.29 is 24.9 Å². The van der Waals surface area contributed by atoms with Gasteiger partial charge in [-0.3, -0.25) is 0 Å². The lowest BCUT2D eigenvalue weighted by Crippen LogP contribution is -2.67. The van der Waals surface area contributed by atoms with Crippen LogP contribution < -0.4 is 0 Å². The third-order valence-corrected chi connectivity index (χ3v) is 10.0. The van der Waals surface area contributed by atoms with Gasteiger partial charge in [0.25, 0.3) is 0 Å². The Morgan fingerprint density at radius 1 is 1.04 bits per heavy atom. The number of rotatable bonds is 1. The van der Waals surface area contributed by atoms with Crippen molar-refractivity contribution in [2.75, 3.05) is 6.61 Å². The van der Waals surface area contributed by atoms with Crippen LogP contribution in [0.15, 0.2) is 11.6 Å². The van der Waals surface area contributed by atoms with E-state index < -0.39 is 17.1 Å². The molecule has 0 amide bonds. The Kier molecular flexibility index (Phi) is 4.12. The predicted octanol–water partition coefficient (Wildman–Crippen LogP) is 2.58. The van der Waals surface area contributed by atoms with Crippen molar-refractivity contribution in [2.45, 2.75) is 83.0 Å². The van der Waals surface area contributed by atoms with Crippen LogP contribution in [0.5, 0.6) is 0 Å². The topological polar surface area (TPSA) is 87.0 Å². The lowest BCUT2D eigenvalue weighted by molar-refractivity contribution is -0.244. The summed E-state index contributed by atoms with van der Waals surface area (Å²) < 4.78 is 5.16. The Morgan fingerprint density at radius 3 is 2.54 bits per heavy atom. The summed E-state index contributed by atoms with van der Waals surface area (Å²) in [6, 6.07) is 0. The van der Waals surface area contributed by atoms with Crippen molar-refractivity contribution in [3.05, 3.63) is 11.6 Å². The molecule has 28 heavy (non-hydrogen) atoms. The van der Waals surface area contributed by atoms with Gasteiger partial charge in [-0.05, 0) is 86.0 Å². The number of aliphatic hydroxyl groups is 3. The highest BCUT2D eigenvalue weighted by molar-refractivity contribution is 5.85. The number of ether oxygens (including phenoxy) is 1. The van der Waals surface area contributed by atoms with Crippen LogP contribution in [0.2, 0.25) is 0 Å². The van der Waals surface area contributed by atoms with Gasteiger partial charge in [0, 0.05) is 11.5 Å². The van der Waals surface area contributed by atoms with Gasteiger partial charge in [0.15, 0.2) is 0 Å². The highest BCUT2D eigenvalue weighted by Crippen LogP contribution is 2.69. The molecule has 4 aliphatic carbocycles. The van der Waals surface area contributed by atoms with Crippen molar-refractivity contribution >= 4 is 5.97 Å². The van der Waals surface area contributed by atoms with Gasteiger partial charge in [-0.2, -0.15) is 0 Å². The molecule has 9 atom stereocenters. The zero-order chi connectivity index (χ0) is 19.9. The first-order chi connectivity index (χ1) is 13.2. The summed E-state index contributed by atoms with van der Waals surface area (Å²) >= 11 is 0. The quantitative estimate of drug-likeness (QED) is 0.599. The maximum absolute atomic E-state index is 12.1. The maximum Gasteiger partial charge on any atom is 0.331 e. The molecule has 0 spiro atoms. The number of esters is 1. The van der Waals surface area contributed by atoms with E-state index in [2.05, 4.69) is 6.92 Å². The maximum atomic E-state index is 12.1. The minimum Gasteiger partial charge on any atom is -0.458 e. The molecular weight excluding hydrogens is 356 g/mol. The Morgan fingerprint density at radius 2 is 1.82 bits per heavy atom. The van der Waals surface area contributed by atoms with E-state index in [1.807, 2.05) is 6.92 Å². The van der Waals surface area contributed by atoms with Crippen molar-refractivity contribution in [3.8, 4) is 0 Å². The molecule has 5 aliphatic rings. The van der Waals surface area contributed by atoms with Crippen LogP contribution in [-0.4, -0.2) is 45.7 Å². The van der Waals surface area contributed by atoms with E-state index in [0.29, 0.717) is 31.3 Å². The van der Waals surface area contributed by atoms with Gasteiger partial charge in [-0.15, -0.1) is 0 Å². The average molecular weight is 391 g/mol. The molecular formula is C23H34O5. The molecule has 0 bridgehead atoms. The highest BCUT2D eigenvalue weighted by atomic mass is 16.5. The third-order valence-electron chi connectivity index (χ3n) is 10.0. The molecule has 5 rings (SSSR count). The first-order valence-electron chi connectivity index (χ1n) is 11.2. The second kappa shape index (κ2) is 6.05. The fraction of sp³-hybridized carbons (Fsp3) is 0.870. The monoisotopic (exact) mass is 390 g/mol. The molecule has 156 valence electrons. The van der Waals surface area contributed by atoms with Crippen LogP contribution in [0.4, 0.5) is 0 Å². The van der Waals surface area contributed by atoms with Crippen LogP contribution in [0.3, 0.4) is 0 Å². The largest absolute Gasteiger partial charge is 0.458 e. The molecule has 0 aromatic rings. The summed E-state index contributed by atoms with van der Waals surface area (Å²) in [6.07, 6.45) is 7.69. The molecule has 0 unspecified atom stereocenters. The summed E-state index contributed by atoms with van der Waals surface area (Å²) in [6.45, 7) is 4.69. The summed E-state index contributed by atoms with van der Waals surface area (Å²) in [7, 11) is 0. The Labute approximate surface area is 167 Å². The molecule has 0 saturated heterocycles. The molecule has 3 N–H and O–H groups in total. The first kappa shape index (κ1) is 19.1. The van der Waals surface area contributed by atoms with Gasteiger partial charge in [0.1, 0.15) is 6.61 Å². The fourth-order valence-electron chi connectivity index (χ4n) is 8.37. The van der Waals surface area contributed by atoms with E-state index in [9.17, 15) is 20.1 Å². The highest BCUT2D eigenvalue weighted by Gasteiger charge is 2.70. The average Bonchev–Trinajstić information content (AvgIpc) is 3.19. The van der Waals surface area contributed by atoms with E-state index in [4.69, 9.17) is 4.74 Å². The Bertz CT molecular complexity index is 718. The van der Waals surface area contributed by atoms with E-state index in [1.165, 1.54) is 0 Å². The van der Waals surface area contributed by atoms with Gasteiger partial charge in [-0.25, -0.2) is 4.79 Å². The van der Waals surface area contributed by atoms with Gasteiger partial charge in [0.05, 0.1) is 17.8 Å². The van der Waals surface area contributed by atoms with Crippen molar-refractivity contribution in [2.24, 2.45) is 34.5 Å². The van der Waals surface area contributed by atoms with Crippen molar-refractivity contribution in [3.63, 3.8) is 0 Å². The van der Waals surface area contributed by atoms with Gasteiger partial charge >= 0.3 is 5.97 Å². The zero-order valence-corrected chi connectivity index (χ0v) is 17.1. The lowest BCUT2D eigenvalue weighted by Gasteiger charge is -2.64. The first-order valence-corrected chi connectivity index (χ1v) is 11.2. The van der Waals surface area contributed by atoms with E-state index in [1.54, 1.807) is 6.08 Å². The minimum atomic E-state index is -0.906. The second-order valence-electron chi connectivity index (χ2n) is 10.8. The van der Waals surface area contributed by atoms with Crippen LogP contribution in [0.25, 0.3) is 0 Å². The molecule has 4 saturated carbocycles. The number of hydrogen-bond acceptors (Lipinski definition) is 5. The smallest absolute Gasteiger partial charge is 0.331 e. The number of cyclic esters (lactones) is 1. The van der Waals surface area contributed by atoms with Crippen LogP contribution in [-0.2, 0) is 9.53 Å². The number of carbonyl (C=O) groups is 1. The second-order valence-corrected chi connectivity index (χ2v) is 10.8. The SMILES string of the molecule is C[C@]12CC[C@H](O)C[C@@H]1CC[C@H]1[C@H]2C[C@H](O)[C@]2(C)[C@H](C3=CC(=O)OC3)CC[C@]12O. The van der Waals surface area contributed by atoms with Crippen molar-refractivity contribution in [1.29, 1.82) is 0 Å². The standard InChI is InChI=1S/C23H34O5/c1-21-7-5-15(24)10-14(21)3-4-17-18(21)11-19(25)22(2)16(6-8-23(17,22)27)13-9-20(26)28-12-13/h9,14-19,24-25,27H,3-8,10-12H2,1-2H3/t14-,15-,16-,17-,18+,19-,21-,22-,23-/m0/s1. The van der Waals surface area contributed by atoms with E-state index >= 15 is 0 Å². The van der Waals surface area contributed by atoms with Crippen LogP contribution >= 0.6 is 0 Å². The van der Waals surface area contributed by atoms with Gasteiger partial charge in [0.2, 0.25) is 0 Å². The van der Waals surface area contributed by atoms with E-state index in [-0.39, 0.29) is 29.3 Å². The normalized spacial score (nSPS) is 55.8.